The zero-order valence-corrected chi connectivity index (χ0v) is 20.3. The number of ether oxygens (including phenoxy) is 1. The van der Waals surface area contributed by atoms with Crippen molar-refractivity contribution in [2.24, 2.45) is 0 Å². The molecule has 0 radical (unpaired) electrons. The molecule has 0 spiro atoms. The van der Waals surface area contributed by atoms with E-state index in [-0.39, 0.29) is 11.1 Å². The van der Waals surface area contributed by atoms with Crippen molar-refractivity contribution in [3.63, 3.8) is 0 Å². The third-order valence-electron chi connectivity index (χ3n) is 6.53. The molecule has 1 N–H and O–H groups in total. The summed E-state index contributed by atoms with van der Waals surface area (Å²) < 4.78 is 5.49. The molecule has 1 unspecified atom stereocenters. The van der Waals surface area contributed by atoms with Crippen LogP contribution < -0.4 is 19.9 Å². The van der Waals surface area contributed by atoms with Crippen molar-refractivity contribution in [1.82, 2.24) is 5.32 Å². The molecular formula is C27H31N3O4. The van der Waals surface area contributed by atoms with Crippen molar-refractivity contribution in [1.29, 1.82) is 0 Å². The van der Waals surface area contributed by atoms with Crippen molar-refractivity contribution in [2.45, 2.75) is 52.5 Å². The van der Waals surface area contributed by atoms with Gasteiger partial charge in [-0.2, -0.15) is 0 Å². The van der Waals surface area contributed by atoms with Crippen LogP contribution in [0.25, 0.3) is 6.08 Å². The van der Waals surface area contributed by atoms with Crippen LogP contribution in [0.5, 0.6) is 5.75 Å². The maximum absolute atomic E-state index is 13.3. The number of fused-ring (bicyclic) bond motifs is 1. The minimum atomic E-state index is -0.777. The SMILES string of the molecule is CCOc1cccc(N2C(=O)NC(=O)/C(=C\c3ccc4c(c3)C(C)CC(C)(C)N4CC)C2=O)c1. The standard InChI is InChI=1S/C27H31N3O4/c1-6-29-23-12-11-18(13-21(23)17(3)16-27(29,4)5)14-22-24(31)28-26(33)30(25(22)32)19-9-8-10-20(15-19)34-7-2/h8-15,17H,6-7,16H2,1-5H3,(H,28,31,33)/b22-14+. The quantitative estimate of drug-likeness (QED) is 0.508. The number of hydrogen-bond acceptors (Lipinski definition) is 5. The molecule has 2 heterocycles. The summed E-state index contributed by atoms with van der Waals surface area (Å²) in [4.78, 5) is 41.8. The number of carbonyl (C=O) groups excluding carboxylic acids is 3. The van der Waals surface area contributed by atoms with Gasteiger partial charge in [0.05, 0.1) is 12.3 Å². The van der Waals surface area contributed by atoms with Gasteiger partial charge in [0, 0.05) is 23.8 Å². The summed E-state index contributed by atoms with van der Waals surface area (Å²) in [5.74, 6) is -0.490. The van der Waals surface area contributed by atoms with E-state index in [9.17, 15) is 14.4 Å². The van der Waals surface area contributed by atoms with Crippen molar-refractivity contribution < 1.29 is 19.1 Å². The maximum Gasteiger partial charge on any atom is 0.335 e. The Morgan fingerprint density at radius 3 is 2.59 bits per heavy atom. The number of rotatable bonds is 5. The molecule has 4 rings (SSSR count). The van der Waals surface area contributed by atoms with E-state index in [0.29, 0.717) is 24.0 Å². The summed E-state index contributed by atoms with van der Waals surface area (Å²) in [5, 5.41) is 2.29. The first-order valence-electron chi connectivity index (χ1n) is 11.7. The summed E-state index contributed by atoms with van der Waals surface area (Å²) in [6.45, 7) is 12.1. The molecule has 4 amide bonds. The molecule has 34 heavy (non-hydrogen) atoms. The fraction of sp³-hybridized carbons (Fsp3) is 0.370. The molecular weight excluding hydrogens is 430 g/mol. The Balaban J connectivity index is 1.71. The van der Waals surface area contributed by atoms with E-state index in [4.69, 9.17) is 4.74 Å². The normalized spacial score (nSPS) is 20.9. The Bertz CT molecular complexity index is 1180. The van der Waals surface area contributed by atoms with Crippen molar-refractivity contribution in [2.75, 3.05) is 23.0 Å². The van der Waals surface area contributed by atoms with E-state index in [1.165, 1.54) is 11.3 Å². The molecule has 0 bridgehead atoms. The predicted octanol–water partition coefficient (Wildman–Crippen LogP) is 4.86. The number of barbiturate groups is 1. The van der Waals surface area contributed by atoms with Crippen molar-refractivity contribution >= 4 is 35.3 Å². The lowest BCUT2D eigenvalue weighted by molar-refractivity contribution is -0.122. The third kappa shape index (κ3) is 4.18. The van der Waals surface area contributed by atoms with E-state index in [0.717, 1.165) is 23.4 Å². The smallest absolute Gasteiger partial charge is 0.335 e. The second kappa shape index (κ2) is 8.97. The third-order valence-corrected chi connectivity index (χ3v) is 6.53. The molecule has 0 aliphatic carbocycles. The highest BCUT2D eigenvalue weighted by atomic mass is 16.5. The fourth-order valence-corrected chi connectivity index (χ4v) is 5.13. The molecule has 178 valence electrons. The highest BCUT2D eigenvalue weighted by Crippen LogP contribution is 2.43. The lowest BCUT2D eigenvalue weighted by atomic mass is 9.79. The molecule has 0 saturated carbocycles. The van der Waals surface area contributed by atoms with E-state index in [1.807, 2.05) is 19.1 Å². The van der Waals surface area contributed by atoms with E-state index in [1.54, 1.807) is 30.3 Å². The molecule has 2 aliphatic rings. The van der Waals surface area contributed by atoms with Crippen LogP contribution in [-0.2, 0) is 9.59 Å². The average molecular weight is 462 g/mol. The molecule has 2 aromatic rings. The number of benzene rings is 2. The van der Waals surface area contributed by atoms with Crippen molar-refractivity contribution in [3.05, 3.63) is 59.2 Å². The van der Waals surface area contributed by atoms with Crippen LogP contribution in [0.3, 0.4) is 0 Å². The second-order valence-corrected chi connectivity index (χ2v) is 9.37. The molecule has 0 aromatic heterocycles. The van der Waals surface area contributed by atoms with Gasteiger partial charge in [0.2, 0.25) is 0 Å². The molecule has 1 saturated heterocycles. The van der Waals surface area contributed by atoms with Crippen LogP contribution in [0.4, 0.5) is 16.2 Å². The summed E-state index contributed by atoms with van der Waals surface area (Å²) in [7, 11) is 0. The number of imide groups is 2. The highest BCUT2D eigenvalue weighted by molar-refractivity contribution is 6.39. The molecule has 2 aliphatic heterocycles. The Labute approximate surface area is 200 Å². The second-order valence-electron chi connectivity index (χ2n) is 9.37. The molecule has 1 atom stereocenters. The monoisotopic (exact) mass is 461 g/mol. The van der Waals surface area contributed by atoms with Gasteiger partial charge >= 0.3 is 6.03 Å². The van der Waals surface area contributed by atoms with Crippen LogP contribution in [0.1, 0.15) is 58.1 Å². The molecule has 7 nitrogen and oxygen atoms in total. The minimum absolute atomic E-state index is 0.0528. The van der Waals surface area contributed by atoms with Gasteiger partial charge in [-0.1, -0.05) is 19.1 Å². The van der Waals surface area contributed by atoms with Crippen molar-refractivity contribution in [3.8, 4) is 5.75 Å². The summed E-state index contributed by atoms with van der Waals surface area (Å²) >= 11 is 0. The van der Waals surface area contributed by atoms with Gasteiger partial charge in [-0.05, 0) is 81.5 Å². The average Bonchev–Trinajstić information content (AvgIpc) is 2.77. The van der Waals surface area contributed by atoms with Gasteiger partial charge in [-0.15, -0.1) is 0 Å². The number of nitrogens with zero attached hydrogens (tertiary/aromatic N) is 2. The molecule has 2 aromatic carbocycles. The predicted molar refractivity (Wildman–Crippen MR) is 133 cm³/mol. The topological polar surface area (TPSA) is 79.0 Å². The first-order chi connectivity index (χ1) is 16.2. The van der Waals surface area contributed by atoms with E-state index in [2.05, 4.69) is 44.0 Å². The van der Waals surface area contributed by atoms with E-state index < -0.39 is 17.8 Å². The maximum atomic E-state index is 13.3. The van der Waals surface area contributed by atoms with Gasteiger partial charge < -0.3 is 9.64 Å². The number of amides is 4. The van der Waals surface area contributed by atoms with Gasteiger partial charge in [0.1, 0.15) is 11.3 Å². The Morgan fingerprint density at radius 1 is 1.12 bits per heavy atom. The minimum Gasteiger partial charge on any atom is -0.494 e. The summed E-state index contributed by atoms with van der Waals surface area (Å²) in [5.41, 5.74) is 3.42. The zero-order valence-electron chi connectivity index (χ0n) is 20.3. The Kier molecular flexibility index (Phi) is 6.21. The zero-order chi connectivity index (χ0) is 24.6. The van der Waals surface area contributed by atoms with Gasteiger partial charge in [-0.3, -0.25) is 14.9 Å². The first-order valence-corrected chi connectivity index (χ1v) is 11.7. The molecule has 1 fully saturated rings. The van der Waals surface area contributed by atoms with Crippen LogP contribution >= 0.6 is 0 Å². The lowest BCUT2D eigenvalue weighted by Gasteiger charge is -2.47. The largest absolute Gasteiger partial charge is 0.494 e. The van der Waals surface area contributed by atoms with Crippen LogP contribution in [0.2, 0.25) is 0 Å². The lowest BCUT2D eigenvalue weighted by Crippen LogP contribution is -2.54. The number of carbonyl (C=O) groups is 3. The number of hydrogen-bond donors (Lipinski definition) is 1. The van der Waals surface area contributed by atoms with Gasteiger partial charge in [-0.25, -0.2) is 9.69 Å². The Hall–Kier alpha value is -3.61. The number of anilines is 2. The van der Waals surface area contributed by atoms with Crippen LogP contribution in [0, 0.1) is 0 Å². The first kappa shape index (κ1) is 23.5. The van der Waals surface area contributed by atoms with E-state index >= 15 is 0 Å². The fourth-order valence-electron chi connectivity index (χ4n) is 5.13. The van der Waals surface area contributed by atoms with Gasteiger partial charge in [0.25, 0.3) is 11.8 Å². The van der Waals surface area contributed by atoms with Crippen LogP contribution in [-0.4, -0.2) is 36.5 Å². The Morgan fingerprint density at radius 2 is 1.88 bits per heavy atom. The summed E-state index contributed by atoms with van der Waals surface area (Å²) in [6, 6.07) is 11.9. The van der Waals surface area contributed by atoms with Gasteiger partial charge in [0.15, 0.2) is 0 Å². The van der Waals surface area contributed by atoms with Crippen LogP contribution in [0.15, 0.2) is 48.0 Å². The molecule has 7 heteroatoms. The summed E-state index contributed by atoms with van der Waals surface area (Å²) in [6.07, 6.45) is 2.57. The highest BCUT2D eigenvalue weighted by Gasteiger charge is 2.38. The number of urea groups is 1. The number of nitrogens with one attached hydrogen (secondary N) is 1.